The Morgan fingerprint density at radius 1 is 1.29 bits per heavy atom. The molecule has 0 aromatic carbocycles. The molecule has 0 aliphatic carbocycles. The minimum Gasteiger partial charge on any atom is -0.395 e. The number of piperidine rings is 1. The summed E-state index contributed by atoms with van der Waals surface area (Å²) in [6.45, 7) is 10.1. The summed E-state index contributed by atoms with van der Waals surface area (Å²) in [5.74, 6) is 0.966. The van der Waals surface area contributed by atoms with Crippen LogP contribution >= 0.6 is 0 Å². The zero-order valence-electron chi connectivity index (χ0n) is 11.4. The highest BCUT2D eigenvalue weighted by molar-refractivity contribution is 4.85. The van der Waals surface area contributed by atoms with Crippen LogP contribution in [0.2, 0.25) is 0 Å². The number of aliphatic hydroxyl groups is 2. The van der Waals surface area contributed by atoms with Gasteiger partial charge in [-0.25, -0.2) is 0 Å². The zero-order chi connectivity index (χ0) is 12.8. The van der Waals surface area contributed by atoms with Crippen LogP contribution in [0.4, 0.5) is 0 Å². The lowest BCUT2D eigenvalue weighted by atomic mass is 9.90. The highest BCUT2D eigenvalue weighted by Gasteiger charge is 2.29. The third-order valence-electron chi connectivity index (χ3n) is 3.47. The fourth-order valence-electron chi connectivity index (χ4n) is 2.46. The van der Waals surface area contributed by atoms with Crippen LogP contribution in [-0.4, -0.2) is 60.0 Å². The van der Waals surface area contributed by atoms with Crippen molar-refractivity contribution in [3.63, 3.8) is 0 Å². The molecule has 0 radical (unpaired) electrons. The number of nitrogens with zero attached hydrogens (tertiary/aromatic N) is 1. The first kappa shape index (κ1) is 14.9. The summed E-state index contributed by atoms with van der Waals surface area (Å²) in [5, 5.41) is 22.3. The van der Waals surface area contributed by atoms with Crippen LogP contribution < -0.4 is 5.32 Å². The topological polar surface area (TPSA) is 55.7 Å². The fourth-order valence-corrected chi connectivity index (χ4v) is 2.46. The Labute approximate surface area is 105 Å². The van der Waals surface area contributed by atoms with Crippen molar-refractivity contribution in [3.05, 3.63) is 0 Å². The second-order valence-corrected chi connectivity index (χ2v) is 5.72. The van der Waals surface area contributed by atoms with E-state index in [9.17, 15) is 5.11 Å². The Bertz CT molecular complexity index is 210. The van der Waals surface area contributed by atoms with Gasteiger partial charge >= 0.3 is 0 Å². The predicted molar refractivity (Wildman–Crippen MR) is 69.9 cm³/mol. The van der Waals surface area contributed by atoms with Crippen LogP contribution in [-0.2, 0) is 0 Å². The van der Waals surface area contributed by atoms with E-state index in [1.54, 1.807) is 0 Å². The number of hydrogen-bond acceptors (Lipinski definition) is 4. The van der Waals surface area contributed by atoms with Gasteiger partial charge in [0.2, 0.25) is 0 Å². The second-order valence-electron chi connectivity index (χ2n) is 5.72. The van der Waals surface area contributed by atoms with Crippen molar-refractivity contribution in [1.29, 1.82) is 0 Å². The lowest BCUT2D eigenvalue weighted by molar-refractivity contribution is 0.0408. The number of rotatable bonds is 6. The smallest absolute Gasteiger partial charge is 0.0558 e. The largest absolute Gasteiger partial charge is 0.395 e. The lowest BCUT2D eigenvalue weighted by Crippen LogP contribution is -2.52. The van der Waals surface area contributed by atoms with Crippen molar-refractivity contribution < 1.29 is 10.2 Å². The quantitative estimate of drug-likeness (QED) is 0.629. The summed E-state index contributed by atoms with van der Waals surface area (Å²) in [6.07, 6.45) is 0.770. The average Bonchev–Trinajstić information content (AvgIpc) is 2.26. The molecule has 1 rings (SSSR count). The van der Waals surface area contributed by atoms with E-state index in [-0.39, 0.29) is 12.7 Å². The predicted octanol–water partition coefficient (Wildman–Crippen LogP) is 0.296. The van der Waals surface area contributed by atoms with E-state index in [2.05, 4.69) is 24.1 Å². The fraction of sp³-hybridized carbons (Fsp3) is 1.00. The molecule has 17 heavy (non-hydrogen) atoms. The number of nitrogens with one attached hydrogen (secondary N) is 1. The first-order valence-electron chi connectivity index (χ1n) is 6.77. The molecule has 0 saturated carbocycles. The summed E-state index contributed by atoms with van der Waals surface area (Å²) in [7, 11) is 0. The number of β-amino-alcohol motifs (C(OH)–C–C–N with tert-alkyl or cyclic N) is 1. The molecule has 1 aliphatic heterocycles. The van der Waals surface area contributed by atoms with Crippen LogP contribution in [0.3, 0.4) is 0 Å². The molecular formula is C13H28N2O2. The molecule has 0 bridgehead atoms. The maximum Gasteiger partial charge on any atom is 0.0558 e. The monoisotopic (exact) mass is 244 g/mol. The molecule has 1 aliphatic rings. The van der Waals surface area contributed by atoms with Crippen LogP contribution in [0.5, 0.6) is 0 Å². The van der Waals surface area contributed by atoms with E-state index in [4.69, 9.17) is 5.11 Å². The van der Waals surface area contributed by atoms with Gasteiger partial charge in [-0.3, -0.25) is 4.90 Å². The van der Waals surface area contributed by atoms with Gasteiger partial charge in [-0.1, -0.05) is 13.8 Å². The molecule has 4 heteroatoms. The maximum absolute atomic E-state index is 9.74. The second kappa shape index (κ2) is 7.31. The maximum atomic E-state index is 9.74. The Kier molecular flexibility index (Phi) is 6.41. The van der Waals surface area contributed by atoms with Crippen molar-refractivity contribution >= 4 is 0 Å². The van der Waals surface area contributed by atoms with Crippen molar-refractivity contribution in [2.45, 2.75) is 39.3 Å². The highest BCUT2D eigenvalue weighted by atomic mass is 16.3. The Balaban J connectivity index is 2.46. The van der Waals surface area contributed by atoms with Crippen molar-refractivity contribution in [3.8, 4) is 0 Å². The van der Waals surface area contributed by atoms with Crippen LogP contribution in [0.25, 0.3) is 0 Å². The van der Waals surface area contributed by atoms with Gasteiger partial charge in [0.1, 0.15) is 0 Å². The summed E-state index contributed by atoms with van der Waals surface area (Å²) in [6, 6.07) is 0.442. The Morgan fingerprint density at radius 3 is 2.53 bits per heavy atom. The standard InChI is InChI=1S/C13H28N2O2/c1-10(2)7-14-13-6-12(11(3)17)8-15(9-13)4-5-16/h10-14,16-17H,4-9H2,1-3H3. The number of aliphatic hydroxyl groups excluding tert-OH is 2. The van der Waals surface area contributed by atoms with Gasteiger partial charge in [-0.2, -0.15) is 0 Å². The van der Waals surface area contributed by atoms with Gasteiger partial charge in [0.15, 0.2) is 0 Å². The third-order valence-corrected chi connectivity index (χ3v) is 3.47. The van der Waals surface area contributed by atoms with E-state index in [1.807, 2.05) is 6.92 Å². The first-order chi connectivity index (χ1) is 8.02. The third kappa shape index (κ3) is 5.34. The van der Waals surface area contributed by atoms with Crippen LogP contribution in [0, 0.1) is 11.8 Å². The zero-order valence-corrected chi connectivity index (χ0v) is 11.4. The SMILES string of the molecule is CC(C)CNC1CC(C(C)O)CN(CCO)C1. The molecule has 3 N–H and O–H groups in total. The van der Waals surface area contributed by atoms with Gasteiger partial charge in [-0.05, 0) is 31.7 Å². The van der Waals surface area contributed by atoms with E-state index in [1.165, 1.54) is 0 Å². The minimum absolute atomic E-state index is 0.198. The summed E-state index contributed by atoms with van der Waals surface area (Å²) in [5.41, 5.74) is 0. The highest BCUT2D eigenvalue weighted by Crippen LogP contribution is 2.20. The number of hydrogen-bond donors (Lipinski definition) is 3. The van der Waals surface area contributed by atoms with Crippen LogP contribution in [0.15, 0.2) is 0 Å². The molecule has 1 heterocycles. The molecular weight excluding hydrogens is 216 g/mol. The minimum atomic E-state index is -0.264. The molecule has 3 unspecified atom stereocenters. The van der Waals surface area contributed by atoms with Gasteiger partial charge in [0.25, 0.3) is 0 Å². The van der Waals surface area contributed by atoms with Crippen molar-refractivity contribution in [2.24, 2.45) is 11.8 Å². The van der Waals surface area contributed by atoms with Gasteiger partial charge in [0.05, 0.1) is 12.7 Å². The molecule has 0 spiro atoms. The summed E-state index contributed by atoms with van der Waals surface area (Å²) < 4.78 is 0. The molecule has 0 amide bonds. The first-order valence-corrected chi connectivity index (χ1v) is 6.77. The average molecular weight is 244 g/mol. The molecule has 0 aromatic heterocycles. The molecule has 3 atom stereocenters. The molecule has 1 fully saturated rings. The van der Waals surface area contributed by atoms with E-state index in [0.717, 1.165) is 26.1 Å². The van der Waals surface area contributed by atoms with Crippen molar-refractivity contribution in [2.75, 3.05) is 32.8 Å². The van der Waals surface area contributed by atoms with Crippen molar-refractivity contribution in [1.82, 2.24) is 10.2 Å². The van der Waals surface area contributed by atoms with Gasteiger partial charge < -0.3 is 15.5 Å². The molecule has 1 saturated heterocycles. The molecule has 4 nitrogen and oxygen atoms in total. The number of likely N-dealkylation sites (tertiary alicyclic amines) is 1. The van der Waals surface area contributed by atoms with Crippen LogP contribution in [0.1, 0.15) is 27.2 Å². The molecule has 102 valence electrons. The van der Waals surface area contributed by atoms with E-state index < -0.39 is 0 Å². The Hall–Kier alpha value is -0.160. The summed E-state index contributed by atoms with van der Waals surface area (Å²) >= 11 is 0. The lowest BCUT2D eigenvalue weighted by Gasteiger charge is -2.39. The summed E-state index contributed by atoms with van der Waals surface area (Å²) in [4.78, 5) is 2.25. The van der Waals surface area contributed by atoms with E-state index in [0.29, 0.717) is 24.4 Å². The van der Waals surface area contributed by atoms with Gasteiger partial charge in [-0.15, -0.1) is 0 Å². The van der Waals surface area contributed by atoms with Gasteiger partial charge in [0, 0.05) is 25.7 Å². The Morgan fingerprint density at radius 2 is 2.00 bits per heavy atom. The van der Waals surface area contributed by atoms with E-state index >= 15 is 0 Å². The molecule has 0 aromatic rings. The normalized spacial score (nSPS) is 28.6.